The van der Waals surface area contributed by atoms with Gasteiger partial charge in [-0.3, -0.25) is 0 Å². The average molecular weight is 470 g/mol. The van der Waals surface area contributed by atoms with Crippen molar-refractivity contribution in [3.05, 3.63) is 101 Å². The Labute approximate surface area is 200 Å². The number of rotatable bonds is 3. The van der Waals surface area contributed by atoms with Gasteiger partial charge in [-0.25, -0.2) is 0 Å². The maximum absolute atomic E-state index is 10.9. The van der Waals surface area contributed by atoms with Crippen LogP contribution in [0.3, 0.4) is 0 Å². The SMILES string of the molecule is Oc1ccc(C=C2c3cc(O)cc(O)c3[C@@H](c3cc(O)cc(O)c3)[C@@H]2c2ccc(O)c(O)c2)cc1. The largest absolute Gasteiger partial charge is 0.508 e. The minimum absolute atomic E-state index is 0.0994. The summed E-state index contributed by atoms with van der Waals surface area (Å²) in [6.07, 6.45) is 1.84. The van der Waals surface area contributed by atoms with Crippen LogP contribution in [0.15, 0.2) is 72.8 Å². The van der Waals surface area contributed by atoms with Gasteiger partial charge in [-0.1, -0.05) is 24.3 Å². The van der Waals surface area contributed by atoms with E-state index in [1.165, 1.54) is 54.6 Å². The van der Waals surface area contributed by atoms with Crippen molar-refractivity contribution < 1.29 is 35.7 Å². The minimum Gasteiger partial charge on any atom is -0.508 e. The lowest BCUT2D eigenvalue weighted by molar-refractivity contribution is 0.403. The zero-order valence-electron chi connectivity index (χ0n) is 18.3. The van der Waals surface area contributed by atoms with Gasteiger partial charge in [0.2, 0.25) is 0 Å². The van der Waals surface area contributed by atoms with Gasteiger partial charge in [0.05, 0.1) is 0 Å². The first-order valence-electron chi connectivity index (χ1n) is 10.8. The van der Waals surface area contributed by atoms with Gasteiger partial charge in [0.15, 0.2) is 11.5 Å². The molecule has 0 saturated heterocycles. The maximum atomic E-state index is 10.9. The standard InChI is InChI=1S/C28H22O7/c29-17-4-1-14(2-5-17)7-21-22-12-20(32)13-25(35)28(22)27(16-8-18(30)11-19(31)9-16)26(21)15-3-6-23(33)24(34)10-15/h1-13,26-27,29-35H/t26-,27+/m1/s1. The van der Waals surface area contributed by atoms with Crippen LogP contribution in [0.2, 0.25) is 0 Å². The molecule has 0 fully saturated rings. The summed E-state index contributed by atoms with van der Waals surface area (Å²) in [4.78, 5) is 0. The first kappa shape index (κ1) is 22.0. The van der Waals surface area contributed by atoms with E-state index in [0.717, 1.165) is 5.56 Å². The van der Waals surface area contributed by atoms with E-state index in [1.807, 2.05) is 6.08 Å². The van der Waals surface area contributed by atoms with Gasteiger partial charge in [-0.05, 0) is 70.3 Å². The van der Waals surface area contributed by atoms with Crippen molar-refractivity contribution in [2.45, 2.75) is 11.8 Å². The topological polar surface area (TPSA) is 142 Å². The van der Waals surface area contributed by atoms with Crippen LogP contribution in [0.25, 0.3) is 11.6 Å². The van der Waals surface area contributed by atoms with Crippen molar-refractivity contribution in [2.24, 2.45) is 0 Å². The number of phenolic OH excluding ortho intramolecular Hbond substituents is 7. The Kier molecular flexibility index (Phi) is 5.17. The highest BCUT2D eigenvalue weighted by Crippen LogP contribution is 2.59. The summed E-state index contributed by atoms with van der Waals surface area (Å²) in [5, 5.41) is 71.5. The van der Waals surface area contributed by atoms with E-state index in [-0.39, 0.29) is 40.2 Å². The first-order chi connectivity index (χ1) is 16.7. The predicted octanol–water partition coefficient (Wildman–Crippen LogP) is 5.10. The Balaban J connectivity index is 1.84. The normalized spacial score (nSPS) is 18.0. The lowest BCUT2D eigenvalue weighted by atomic mass is 9.79. The van der Waals surface area contributed by atoms with Gasteiger partial charge >= 0.3 is 0 Å². The quantitative estimate of drug-likeness (QED) is 0.207. The lowest BCUT2D eigenvalue weighted by Gasteiger charge is -2.24. The summed E-state index contributed by atoms with van der Waals surface area (Å²) in [7, 11) is 0. The first-order valence-corrected chi connectivity index (χ1v) is 10.8. The molecule has 2 atom stereocenters. The molecule has 0 amide bonds. The number of hydrogen-bond donors (Lipinski definition) is 7. The minimum atomic E-state index is -0.629. The summed E-state index contributed by atoms with van der Waals surface area (Å²) < 4.78 is 0. The molecule has 0 bridgehead atoms. The van der Waals surface area contributed by atoms with Crippen LogP contribution in [-0.2, 0) is 0 Å². The number of phenols is 7. The molecule has 0 radical (unpaired) electrons. The maximum Gasteiger partial charge on any atom is 0.157 e. The van der Waals surface area contributed by atoms with E-state index in [9.17, 15) is 35.7 Å². The molecule has 1 aliphatic rings. The number of fused-ring (bicyclic) bond motifs is 1. The average Bonchev–Trinajstić information content (AvgIpc) is 3.11. The highest BCUT2D eigenvalue weighted by molar-refractivity contribution is 5.93. The fourth-order valence-electron chi connectivity index (χ4n) is 4.88. The molecule has 0 heterocycles. The van der Waals surface area contributed by atoms with Gasteiger partial charge in [0.25, 0.3) is 0 Å². The molecule has 7 heteroatoms. The molecule has 4 aromatic carbocycles. The molecule has 0 spiro atoms. The Bertz CT molecular complexity index is 1450. The van der Waals surface area contributed by atoms with Crippen molar-refractivity contribution in [1.82, 2.24) is 0 Å². The molecule has 0 unspecified atom stereocenters. The highest BCUT2D eigenvalue weighted by atomic mass is 16.3. The lowest BCUT2D eigenvalue weighted by Crippen LogP contribution is -2.08. The molecule has 35 heavy (non-hydrogen) atoms. The van der Waals surface area contributed by atoms with E-state index in [1.54, 1.807) is 18.2 Å². The predicted molar refractivity (Wildman–Crippen MR) is 130 cm³/mol. The van der Waals surface area contributed by atoms with E-state index >= 15 is 0 Å². The van der Waals surface area contributed by atoms with Crippen molar-refractivity contribution in [3.63, 3.8) is 0 Å². The van der Waals surface area contributed by atoms with Gasteiger partial charge in [-0.2, -0.15) is 0 Å². The molecule has 4 aromatic rings. The monoisotopic (exact) mass is 470 g/mol. The molecule has 7 N–H and O–H groups in total. The summed E-state index contributed by atoms with van der Waals surface area (Å²) in [5.41, 5.74) is 3.51. The third-order valence-corrected chi connectivity index (χ3v) is 6.29. The molecule has 1 aliphatic carbocycles. The van der Waals surface area contributed by atoms with Crippen LogP contribution in [0.1, 0.15) is 39.7 Å². The van der Waals surface area contributed by atoms with Crippen LogP contribution in [0.4, 0.5) is 0 Å². The van der Waals surface area contributed by atoms with Gasteiger partial charge in [-0.15, -0.1) is 0 Å². The Morgan fingerprint density at radius 3 is 1.80 bits per heavy atom. The molecular weight excluding hydrogens is 448 g/mol. The van der Waals surface area contributed by atoms with E-state index in [2.05, 4.69) is 0 Å². The Morgan fingerprint density at radius 1 is 0.486 bits per heavy atom. The number of benzene rings is 4. The second-order valence-corrected chi connectivity index (χ2v) is 8.60. The third-order valence-electron chi connectivity index (χ3n) is 6.29. The smallest absolute Gasteiger partial charge is 0.157 e. The number of allylic oxidation sites excluding steroid dienone is 1. The number of aromatic hydroxyl groups is 7. The molecule has 5 rings (SSSR count). The molecule has 176 valence electrons. The summed E-state index contributed by atoms with van der Waals surface area (Å²) in [5.74, 6) is -2.35. The zero-order valence-corrected chi connectivity index (χ0v) is 18.3. The highest BCUT2D eigenvalue weighted by Gasteiger charge is 2.41. The molecular formula is C28H22O7. The number of hydrogen-bond acceptors (Lipinski definition) is 7. The Morgan fingerprint density at radius 2 is 1.14 bits per heavy atom. The van der Waals surface area contributed by atoms with Crippen LogP contribution < -0.4 is 0 Å². The van der Waals surface area contributed by atoms with Crippen molar-refractivity contribution in [3.8, 4) is 40.2 Å². The summed E-state index contributed by atoms with van der Waals surface area (Å²) >= 11 is 0. The Hall–Kier alpha value is -4.78. The van der Waals surface area contributed by atoms with E-state index < -0.39 is 11.8 Å². The van der Waals surface area contributed by atoms with Gasteiger partial charge < -0.3 is 35.7 Å². The summed E-state index contributed by atoms with van der Waals surface area (Å²) in [6, 6.07) is 17.8. The zero-order chi connectivity index (χ0) is 24.9. The fourth-order valence-corrected chi connectivity index (χ4v) is 4.88. The van der Waals surface area contributed by atoms with Crippen LogP contribution >= 0.6 is 0 Å². The van der Waals surface area contributed by atoms with Crippen molar-refractivity contribution >= 4 is 11.6 Å². The fraction of sp³-hybridized carbons (Fsp3) is 0.0714. The van der Waals surface area contributed by atoms with Crippen molar-refractivity contribution in [1.29, 1.82) is 0 Å². The summed E-state index contributed by atoms with van der Waals surface area (Å²) in [6.45, 7) is 0. The second-order valence-electron chi connectivity index (χ2n) is 8.60. The van der Waals surface area contributed by atoms with Crippen LogP contribution in [-0.4, -0.2) is 35.7 Å². The van der Waals surface area contributed by atoms with Gasteiger partial charge in [0, 0.05) is 29.5 Å². The third kappa shape index (κ3) is 3.93. The van der Waals surface area contributed by atoms with E-state index in [0.29, 0.717) is 27.8 Å². The molecule has 0 aliphatic heterocycles. The van der Waals surface area contributed by atoms with Crippen molar-refractivity contribution in [2.75, 3.05) is 0 Å². The van der Waals surface area contributed by atoms with Crippen LogP contribution in [0, 0.1) is 0 Å². The second kappa shape index (κ2) is 8.22. The molecule has 7 nitrogen and oxygen atoms in total. The molecule has 0 saturated carbocycles. The van der Waals surface area contributed by atoms with Gasteiger partial charge in [0.1, 0.15) is 28.7 Å². The van der Waals surface area contributed by atoms with Crippen LogP contribution in [0.5, 0.6) is 40.2 Å². The molecule has 0 aromatic heterocycles. The van der Waals surface area contributed by atoms with E-state index in [4.69, 9.17) is 0 Å².